The molecule has 1 fully saturated rings. The van der Waals surface area contributed by atoms with Crippen LogP contribution in [0.15, 0.2) is 53.4 Å². The van der Waals surface area contributed by atoms with Gasteiger partial charge in [0.05, 0.1) is 16.2 Å². The van der Waals surface area contributed by atoms with Gasteiger partial charge in [0, 0.05) is 0 Å². The maximum atomic E-state index is 12.8. The van der Waals surface area contributed by atoms with Gasteiger partial charge in [-0.3, -0.25) is 14.5 Å². The lowest BCUT2D eigenvalue weighted by Crippen LogP contribution is -2.30. The van der Waals surface area contributed by atoms with Crippen LogP contribution in [0.2, 0.25) is 0 Å². The average molecular weight is 368 g/mol. The molecule has 0 aromatic heterocycles. The summed E-state index contributed by atoms with van der Waals surface area (Å²) in [5, 5.41) is 0. The van der Waals surface area contributed by atoms with Crippen molar-refractivity contribution in [2.75, 3.05) is 4.90 Å². The smallest absolute Gasteiger partial charge is 0.270 e. The van der Waals surface area contributed by atoms with Crippen molar-refractivity contribution in [3.8, 4) is 0 Å². The van der Waals surface area contributed by atoms with Crippen LogP contribution in [0.3, 0.4) is 0 Å². The number of anilines is 1. The van der Waals surface area contributed by atoms with E-state index in [4.69, 9.17) is 18.0 Å². The first-order valence-electron chi connectivity index (χ1n) is 7.77. The van der Waals surface area contributed by atoms with Crippen molar-refractivity contribution in [1.29, 1.82) is 0 Å². The summed E-state index contributed by atoms with van der Waals surface area (Å²) < 4.78 is 0.384. The van der Waals surface area contributed by atoms with Gasteiger partial charge in [-0.15, -0.1) is 0 Å². The minimum atomic E-state index is -0.594. The number of nitrogens with two attached hydrogens (primary N) is 1. The number of para-hydroxylation sites is 1. The standard InChI is InChI=1S/C19H16N2O2S2/c1-2-12-7-9-13(10-8-12)11-16-18(23)21(19(24)25-16)15-6-4-3-5-14(15)17(20)22/h3-11H,2H2,1H3,(H2,20,22)/b16-11-. The highest BCUT2D eigenvalue weighted by Gasteiger charge is 2.35. The van der Waals surface area contributed by atoms with Crippen LogP contribution in [0.4, 0.5) is 5.69 Å². The predicted octanol–water partition coefficient (Wildman–Crippen LogP) is 3.75. The average Bonchev–Trinajstić information content (AvgIpc) is 2.89. The normalized spacial score (nSPS) is 15.9. The van der Waals surface area contributed by atoms with Gasteiger partial charge >= 0.3 is 0 Å². The number of thioether (sulfide) groups is 1. The molecule has 0 unspecified atom stereocenters. The molecule has 0 bridgehead atoms. The van der Waals surface area contributed by atoms with Gasteiger partial charge in [-0.2, -0.15) is 0 Å². The first kappa shape index (κ1) is 17.4. The number of benzene rings is 2. The lowest BCUT2D eigenvalue weighted by Gasteiger charge is -2.17. The molecule has 2 aromatic carbocycles. The molecular formula is C19H16N2O2S2. The lowest BCUT2D eigenvalue weighted by atomic mass is 10.1. The summed E-state index contributed by atoms with van der Waals surface area (Å²) in [6.07, 6.45) is 2.78. The van der Waals surface area contributed by atoms with Crippen molar-refractivity contribution < 1.29 is 9.59 Å². The molecule has 6 heteroatoms. The SMILES string of the molecule is CCc1ccc(/C=C2\SC(=S)N(c3ccccc3C(N)=O)C2=O)cc1. The largest absolute Gasteiger partial charge is 0.366 e. The topological polar surface area (TPSA) is 63.4 Å². The van der Waals surface area contributed by atoms with E-state index >= 15 is 0 Å². The molecule has 0 radical (unpaired) electrons. The molecule has 1 heterocycles. The van der Waals surface area contributed by atoms with E-state index in [1.54, 1.807) is 24.3 Å². The summed E-state index contributed by atoms with van der Waals surface area (Å²) in [5.41, 5.74) is 8.27. The van der Waals surface area contributed by atoms with E-state index < -0.39 is 5.91 Å². The maximum Gasteiger partial charge on any atom is 0.270 e. The van der Waals surface area contributed by atoms with Crippen molar-refractivity contribution in [2.24, 2.45) is 5.73 Å². The Hall–Kier alpha value is -2.44. The molecule has 0 spiro atoms. The van der Waals surface area contributed by atoms with Crippen LogP contribution >= 0.6 is 24.0 Å². The highest BCUT2D eigenvalue weighted by atomic mass is 32.2. The van der Waals surface area contributed by atoms with E-state index in [1.165, 1.54) is 22.2 Å². The molecule has 2 N–H and O–H groups in total. The van der Waals surface area contributed by atoms with Gasteiger partial charge in [0.15, 0.2) is 4.32 Å². The minimum absolute atomic E-state index is 0.247. The molecule has 4 nitrogen and oxygen atoms in total. The van der Waals surface area contributed by atoms with Gasteiger partial charge in [-0.25, -0.2) is 0 Å². The first-order valence-corrected chi connectivity index (χ1v) is 8.99. The summed E-state index contributed by atoms with van der Waals surface area (Å²) in [6.45, 7) is 2.09. The number of thiocarbonyl (C=S) groups is 1. The second-order valence-corrected chi connectivity index (χ2v) is 7.17. The Kier molecular flexibility index (Phi) is 5.01. The van der Waals surface area contributed by atoms with Crippen molar-refractivity contribution >= 4 is 51.9 Å². The molecule has 25 heavy (non-hydrogen) atoms. The maximum absolute atomic E-state index is 12.8. The Morgan fingerprint density at radius 2 is 1.88 bits per heavy atom. The van der Waals surface area contributed by atoms with Gasteiger partial charge in [-0.1, -0.05) is 67.3 Å². The van der Waals surface area contributed by atoms with Crippen LogP contribution in [0.5, 0.6) is 0 Å². The number of primary amides is 1. The molecule has 126 valence electrons. The van der Waals surface area contributed by atoms with Crippen LogP contribution in [-0.4, -0.2) is 16.1 Å². The van der Waals surface area contributed by atoms with Gasteiger partial charge in [-0.05, 0) is 35.8 Å². The molecule has 1 saturated heterocycles. The molecule has 2 amide bonds. The van der Waals surface area contributed by atoms with E-state index in [0.717, 1.165) is 12.0 Å². The molecule has 3 rings (SSSR count). The Morgan fingerprint density at radius 1 is 1.20 bits per heavy atom. The summed E-state index contributed by atoms with van der Waals surface area (Å²) >= 11 is 6.57. The monoisotopic (exact) mass is 368 g/mol. The number of aryl methyl sites for hydroxylation is 1. The Labute approximate surface area is 155 Å². The van der Waals surface area contributed by atoms with Gasteiger partial charge < -0.3 is 5.73 Å². The molecule has 1 aliphatic rings. The number of carbonyl (C=O) groups excluding carboxylic acids is 2. The zero-order valence-electron chi connectivity index (χ0n) is 13.6. The Morgan fingerprint density at radius 3 is 2.52 bits per heavy atom. The molecule has 0 atom stereocenters. The number of hydrogen-bond donors (Lipinski definition) is 1. The number of carbonyl (C=O) groups is 2. The van der Waals surface area contributed by atoms with Crippen molar-refractivity contribution in [3.63, 3.8) is 0 Å². The minimum Gasteiger partial charge on any atom is -0.366 e. The highest BCUT2D eigenvalue weighted by molar-refractivity contribution is 8.27. The van der Waals surface area contributed by atoms with Crippen LogP contribution in [0.1, 0.15) is 28.4 Å². The van der Waals surface area contributed by atoms with Crippen LogP contribution in [0, 0.1) is 0 Å². The third kappa shape index (κ3) is 3.50. The van der Waals surface area contributed by atoms with E-state index in [9.17, 15) is 9.59 Å². The third-order valence-corrected chi connectivity index (χ3v) is 5.19. The van der Waals surface area contributed by atoms with Gasteiger partial charge in [0.1, 0.15) is 0 Å². The van der Waals surface area contributed by atoms with Gasteiger partial charge in [0.2, 0.25) is 0 Å². The van der Waals surface area contributed by atoms with E-state index in [1.807, 2.05) is 30.3 Å². The number of hydrogen-bond acceptors (Lipinski definition) is 4. The Bertz CT molecular complexity index is 889. The van der Waals surface area contributed by atoms with Crippen molar-refractivity contribution in [3.05, 3.63) is 70.1 Å². The summed E-state index contributed by atoms with van der Waals surface area (Å²) in [5.74, 6) is -0.841. The van der Waals surface area contributed by atoms with E-state index in [0.29, 0.717) is 14.9 Å². The molecule has 2 aromatic rings. The number of rotatable bonds is 4. The van der Waals surface area contributed by atoms with E-state index in [2.05, 4.69) is 6.92 Å². The van der Waals surface area contributed by atoms with Crippen molar-refractivity contribution in [1.82, 2.24) is 0 Å². The quantitative estimate of drug-likeness (QED) is 0.659. The molecular weight excluding hydrogens is 352 g/mol. The molecule has 0 aliphatic carbocycles. The third-order valence-electron chi connectivity index (χ3n) is 3.89. The Balaban J connectivity index is 1.95. The van der Waals surface area contributed by atoms with Crippen LogP contribution < -0.4 is 10.6 Å². The predicted molar refractivity (Wildman–Crippen MR) is 106 cm³/mol. The van der Waals surface area contributed by atoms with Crippen LogP contribution in [-0.2, 0) is 11.2 Å². The summed E-state index contributed by atoms with van der Waals surface area (Å²) in [7, 11) is 0. The molecule has 1 aliphatic heterocycles. The lowest BCUT2D eigenvalue weighted by molar-refractivity contribution is -0.113. The van der Waals surface area contributed by atoms with Crippen LogP contribution in [0.25, 0.3) is 6.08 Å². The second kappa shape index (κ2) is 7.21. The summed E-state index contributed by atoms with van der Waals surface area (Å²) in [6, 6.07) is 14.7. The zero-order chi connectivity index (χ0) is 18.0. The van der Waals surface area contributed by atoms with Crippen molar-refractivity contribution in [2.45, 2.75) is 13.3 Å². The first-order chi connectivity index (χ1) is 12.0. The fraction of sp³-hybridized carbons (Fsp3) is 0.105. The number of nitrogens with zero attached hydrogens (tertiary/aromatic N) is 1. The van der Waals surface area contributed by atoms with Gasteiger partial charge in [0.25, 0.3) is 11.8 Å². The zero-order valence-corrected chi connectivity index (χ0v) is 15.2. The molecule has 0 saturated carbocycles. The van der Waals surface area contributed by atoms with E-state index in [-0.39, 0.29) is 11.5 Å². The second-order valence-electron chi connectivity index (χ2n) is 5.49. The fourth-order valence-corrected chi connectivity index (χ4v) is 3.84. The highest BCUT2D eigenvalue weighted by Crippen LogP contribution is 2.37. The fourth-order valence-electron chi connectivity index (χ4n) is 2.55. The number of amides is 2. The summed E-state index contributed by atoms with van der Waals surface area (Å²) in [4.78, 5) is 26.3.